The molecule has 1 atom stereocenters. The molecule has 23 heavy (non-hydrogen) atoms. The van der Waals surface area contributed by atoms with E-state index >= 15 is 0 Å². The molecule has 0 aromatic heterocycles. The minimum atomic E-state index is -0.525. The maximum atomic E-state index is 12.4. The second kappa shape index (κ2) is 6.86. The lowest BCUT2D eigenvalue weighted by molar-refractivity contribution is -0.125. The van der Waals surface area contributed by atoms with Crippen molar-refractivity contribution in [3.8, 4) is 5.75 Å². The monoisotopic (exact) mass is 316 g/mol. The molecule has 124 valence electrons. The predicted molar refractivity (Wildman–Crippen MR) is 91.8 cm³/mol. The maximum Gasteiger partial charge on any atom is 0.268 e. The van der Waals surface area contributed by atoms with Gasteiger partial charge in [0.1, 0.15) is 5.75 Å². The lowest BCUT2D eigenvalue weighted by Crippen LogP contribution is -2.45. The standard InChI is InChI=1S/C18H24N2O3/c1-11(2)8-17(21)19-14-6-7-16-15(9-14)20(10-12(3)4)18(22)13(5)23-16/h6-7,9,11,13H,3,8,10H2,1-2,4-5H3,(H,19,21). The molecule has 1 aliphatic heterocycles. The van der Waals surface area contributed by atoms with Crippen molar-refractivity contribution in [3.05, 3.63) is 30.4 Å². The van der Waals surface area contributed by atoms with Crippen LogP contribution in [0.2, 0.25) is 0 Å². The Hall–Kier alpha value is -2.30. The van der Waals surface area contributed by atoms with Crippen LogP contribution in [0.3, 0.4) is 0 Å². The van der Waals surface area contributed by atoms with Gasteiger partial charge < -0.3 is 15.0 Å². The highest BCUT2D eigenvalue weighted by molar-refractivity contribution is 6.01. The number of nitrogens with one attached hydrogen (secondary N) is 1. The first-order valence-corrected chi connectivity index (χ1v) is 7.84. The van der Waals surface area contributed by atoms with Crippen LogP contribution in [0.25, 0.3) is 0 Å². The summed E-state index contributed by atoms with van der Waals surface area (Å²) in [4.78, 5) is 26.0. The second-order valence-corrected chi connectivity index (χ2v) is 6.47. The largest absolute Gasteiger partial charge is 0.479 e. The van der Waals surface area contributed by atoms with Gasteiger partial charge in [0, 0.05) is 18.7 Å². The quantitative estimate of drug-likeness (QED) is 0.847. The molecular formula is C18H24N2O3. The zero-order valence-corrected chi connectivity index (χ0v) is 14.2. The number of hydrogen-bond donors (Lipinski definition) is 1. The van der Waals surface area contributed by atoms with E-state index in [1.165, 1.54) is 0 Å². The van der Waals surface area contributed by atoms with Crippen molar-refractivity contribution in [2.24, 2.45) is 5.92 Å². The van der Waals surface area contributed by atoms with Gasteiger partial charge in [0.05, 0.1) is 5.69 Å². The van der Waals surface area contributed by atoms with E-state index < -0.39 is 6.10 Å². The number of carbonyl (C=O) groups excluding carboxylic acids is 2. The molecule has 0 saturated heterocycles. The van der Waals surface area contributed by atoms with E-state index in [1.807, 2.05) is 20.8 Å². The van der Waals surface area contributed by atoms with Gasteiger partial charge in [-0.25, -0.2) is 0 Å². The summed E-state index contributed by atoms with van der Waals surface area (Å²) in [5.74, 6) is 0.785. The summed E-state index contributed by atoms with van der Waals surface area (Å²) in [6, 6.07) is 5.35. The van der Waals surface area contributed by atoms with E-state index in [0.717, 1.165) is 5.57 Å². The van der Waals surface area contributed by atoms with Gasteiger partial charge in [-0.2, -0.15) is 0 Å². The Morgan fingerprint density at radius 1 is 1.43 bits per heavy atom. The van der Waals surface area contributed by atoms with Crippen molar-refractivity contribution < 1.29 is 14.3 Å². The third kappa shape index (κ3) is 4.12. The molecule has 1 unspecified atom stereocenters. The average molecular weight is 316 g/mol. The van der Waals surface area contributed by atoms with Crippen molar-refractivity contribution in [2.45, 2.75) is 40.2 Å². The number of carbonyl (C=O) groups is 2. The minimum absolute atomic E-state index is 0.0391. The average Bonchev–Trinajstić information content (AvgIpc) is 2.43. The highest BCUT2D eigenvalue weighted by Gasteiger charge is 2.31. The number of benzene rings is 1. The van der Waals surface area contributed by atoms with Crippen LogP contribution < -0.4 is 15.0 Å². The molecule has 0 radical (unpaired) electrons. The summed E-state index contributed by atoms with van der Waals surface area (Å²) in [6.45, 7) is 11.9. The van der Waals surface area contributed by atoms with Gasteiger partial charge >= 0.3 is 0 Å². The molecular weight excluding hydrogens is 292 g/mol. The molecule has 1 heterocycles. The minimum Gasteiger partial charge on any atom is -0.479 e. The molecule has 1 aromatic rings. The SMILES string of the molecule is C=C(C)CN1C(=O)C(C)Oc2ccc(NC(=O)CC(C)C)cc21. The van der Waals surface area contributed by atoms with Crippen LogP contribution in [0.1, 0.15) is 34.1 Å². The van der Waals surface area contributed by atoms with E-state index in [-0.39, 0.29) is 11.8 Å². The van der Waals surface area contributed by atoms with Crippen LogP contribution in [-0.2, 0) is 9.59 Å². The van der Waals surface area contributed by atoms with E-state index in [0.29, 0.717) is 36.0 Å². The lowest BCUT2D eigenvalue weighted by Gasteiger charge is -2.33. The van der Waals surface area contributed by atoms with E-state index in [4.69, 9.17) is 4.74 Å². The normalized spacial score (nSPS) is 16.8. The molecule has 1 N–H and O–H groups in total. The first kappa shape index (κ1) is 17.1. The molecule has 0 fully saturated rings. The van der Waals surface area contributed by atoms with Crippen LogP contribution in [-0.4, -0.2) is 24.5 Å². The van der Waals surface area contributed by atoms with Crippen molar-refractivity contribution in [3.63, 3.8) is 0 Å². The number of ether oxygens (including phenoxy) is 1. The lowest BCUT2D eigenvalue weighted by atomic mass is 10.1. The number of anilines is 2. The molecule has 2 rings (SSSR count). The predicted octanol–water partition coefficient (Wildman–Crippen LogP) is 3.36. The van der Waals surface area contributed by atoms with Crippen LogP contribution in [0.5, 0.6) is 5.75 Å². The fraction of sp³-hybridized carbons (Fsp3) is 0.444. The number of fused-ring (bicyclic) bond motifs is 1. The van der Waals surface area contributed by atoms with E-state index in [1.54, 1.807) is 30.0 Å². The summed E-state index contributed by atoms with van der Waals surface area (Å²) in [5, 5.41) is 2.87. The molecule has 5 nitrogen and oxygen atoms in total. The Labute approximate surface area is 137 Å². The van der Waals surface area contributed by atoms with Crippen LogP contribution in [0.4, 0.5) is 11.4 Å². The molecule has 2 amide bonds. The smallest absolute Gasteiger partial charge is 0.268 e. The van der Waals surface area contributed by atoms with E-state index in [2.05, 4.69) is 11.9 Å². The Morgan fingerprint density at radius 2 is 2.13 bits per heavy atom. The van der Waals surface area contributed by atoms with Gasteiger partial charge in [-0.15, -0.1) is 0 Å². The fourth-order valence-corrected chi connectivity index (χ4v) is 2.50. The van der Waals surface area contributed by atoms with Crippen LogP contribution >= 0.6 is 0 Å². The summed E-state index contributed by atoms with van der Waals surface area (Å²) < 4.78 is 5.65. The summed E-state index contributed by atoms with van der Waals surface area (Å²) in [6.07, 6.45) is -0.0674. The van der Waals surface area contributed by atoms with Gasteiger partial charge in [0.2, 0.25) is 5.91 Å². The van der Waals surface area contributed by atoms with E-state index in [9.17, 15) is 9.59 Å². The first-order chi connectivity index (χ1) is 10.8. The highest BCUT2D eigenvalue weighted by Crippen LogP contribution is 2.36. The summed E-state index contributed by atoms with van der Waals surface area (Å²) >= 11 is 0. The molecule has 5 heteroatoms. The van der Waals surface area contributed by atoms with Crippen molar-refractivity contribution in [1.29, 1.82) is 0 Å². The van der Waals surface area contributed by atoms with Gasteiger partial charge in [-0.05, 0) is 38.0 Å². The van der Waals surface area contributed by atoms with Gasteiger partial charge in [-0.3, -0.25) is 9.59 Å². The molecule has 1 aliphatic rings. The Kier molecular flexibility index (Phi) is 5.08. The molecule has 1 aromatic carbocycles. The molecule has 0 aliphatic carbocycles. The molecule has 0 bridgehead atoms. The third-order valence-electron chi connectivity index (χ3n) is 3.47. The topological polar surface area (TPSA) is 58.6 Å². The van der Waals surface area contributed by atoms with Crippen molar-refractivity contribution in [1.82, 2.24) is 0 Å². The van der Waals surface area contributed by atoms with Crippen LogP contribution in [0.15, 0.2) is 30.4 Å². The van der Waals surface area contributed by atoms with Gasteiger partial charge in [0.15, 0.2) is 6.10 Å². The molecule has 0 saturated carbocycles. The number of amides is 2. The zero-order chi connectivity index (χ0) is 17.1. The zero-order valence-electron chi connectivity index (χ0n) is 14.2. The van der Waals surface area contributed by atoms with Gasteiger partial charge in [-0.1, -0.05) is 26.0 Å². The third-order valence-corrected chi connectivity index (χ3v) is 3.47. The Balaban J connectivity index is 2.28. The summed E-state index contributed by atoms with van der Waals surface area (Å²) in [5.41, 5.74) is 2.21. The summed E-state index contributed by atoms with van der Waals surface area (Å²) in [7, 11) is 0. The number of nitrogens with zero attached hydrogens (tertiary/aromatic N) is 1. The molecule has 0 spiro atoms. The fourth-order valence-electron chi connectivity index (χ4n) is 2.50. The Morgan fingerprint density at radius 3 is 2.74 bits per heavy atom. The second-order valence-electron chi connectivity index (χ2n) is 6.47. The highest BCUT2D eigenvalue weighted by atomic mass is 16.5. The number of hydrogen-bond acceptors (Lipinski definition) is 3. The van der Waals surface area contributed by atoms with Crippen molar-refractivity contribution >= 4 is 23.2 Å². The first-order valence-electron chi connectivity index (χ1n) is 7.84. The Bertz CT molecular complexity index is 637. The number of rotatable bonds is 5. The maximum absolute atomic E-state index is 12.4. The van der Waals surface area contributed by atoms with Gasteiger partial charge in [0.25, 0.3) is 5.91 Å². The van der Waals surface area contributed by atoms with Crippen molar-refractivity contribution in [2.75, 3.05) is 16.8 Å². The van der Waals surface area contributed by atoms with Crippen LogP contribution in [0, 0.1) is 5.92 Å².